The number of alkyl halides is 1. The summed E-state index contributed by atoms with van der Waals surface area (Å²) in [4.78, 5) is 23.0. The van der Waals surface area contributed by atoms with E-state index in [2.05, 4.69) is 0 Å². The molecule has 90 valence electrons. The van der Waals surface area contributed by atoms with Gasteiger partial charge < -0.3 is 4.42 Å². The second-order valence-corrected chi connectivity index (χ2v) is 4.20. The molecular weight excluding hydrogens is 242 g/mol. The number of hydrogen-bond acceptors (Lipinski definition) is 3. The normalized spacial score (nSPS) is 10.9. The molecule has 5 heteroatoms. The van der Waals surface area contributed by atoms with Gasteiger partial charge >= 0.3 is 5.76 Å². The second kappa shape index (κ2) is 4.75. The van der Waals surface area contributed by atoms with Gasteiger partial charge in [-0.25, -0.2) is 4.79 Å². The molecule has 0 bridgehead atoms. The number of nitrogens with zero attached hydrogens (tertiary/aromatic N) is 1. The van der Waals surface area contributed by atoms with Gasteiger partial charge in [-0.3, -0.25) is 9.36 Å². The minimum atomic E-state index is -0.426. The summed E-state index contributed by atoms with van der Waals surface area (Å²) in [6.07, 6.45) is 1.06. The summed E-state index contributed by atoms with van der Waals surface area (Å²) in [6, 6.07) is 5.02. The lowest BCUT2D eigenvalue weighted by atomic mass is 10.1. The number of fused-ring (bicyclic) bond motifs is 1. The molecule has 0 spiro atoms. The van der Waals surface area contributed by atoms with E-state index in [-0.39, 0.29) is 5.78 Å². The van der Waals surface area contributed by atoms with Crippen LogP contribution in [-0.4, -0.2) is 16.2 Å². The van der Waals surface area contributed by atoms with E-state index in [9.17, 15) is 9.59 Å². The van der Waals surface area contributed by atoms with Crippen LogP contribution in [0.1, 0.15) is 23.2 Å². The number of aromatic nitrogens is 1. The van der Waals surface area contributed by atoms with Gasteiger partial charge in [0.15, 0.2) is 11.4 Å². The van der Waals surface area contributed by atoms with E-state index in [1.165, 1.54) is 4.57 Å². The summed E-state index contributed by atoms with van der Waals surface area (Å²) in [6.45, 7) is 0. The molecule has 0 aliphatic rings. The number of benzene rings is 1. The summed E-state index contributed by atoms with van der Waals surface area (Å²) < 4.78 is 6.43. The highest BCUT2D eigenvalue weighted by atomic mass is 35.5. The van der Waals surface area contributed by atoms with E-state index in [0.29, 0.717) is 35.4 Å². The van der Waals surface area contributed by atoms with Gasteiger partial charge in [0.2, 0.25) is 0 Å². The molecule has 1 aromatic carbocycles. The number of oxazole rings is 1. The zero-order valence-corrected chi connectivity index (χ0v) is 10.2. The number of carbonyl (C=O) groups is 1. The summed E-state index contributed by atoms with van der Waals surface area (Å²) >= 11 is 5.54. The van der Waals surface area contributed by atoms with Crippen LogP contribution in [-0.2, 0) is 7.05 Å². The first-order chi connectivity index (χ1) is 8.13. The Bertz CT molecular complexity index is 612. The molecule has 0 aliphatic heterocycles. The standard InChI is InChI=1S/C12H12ClNO3/c1-14-9-5-4-8(10(15)3-2-6-13)7-11(9)17-12(14)16/h4-5,7H,2-3,6H2,1H3. The predicted octanol–water partition coefficient (Wildman–Crippen LogP) is 2.33. The third-order valence-corrected chi connectivity index (χ3v) is 2.92. The second-order valence-electron chi connectivity index (χ2n) is 3.83. The molecule has 1 heterocycles. The van der Waals surface area contributed by atoms with Gasteiger partial charge in [-0.2, -0.15) is 0 Å². The third kappa shape index (κ3) is 2.26. The molecule has 0 saturated heterocycles. The number of carbonyl (C=O) groups excluding carboxylic acids is 1. The number of ketones is 1. The van der Waals surface area contributed by atoms with Gasteiger partial charge in [0.25, 0.3) is 0 Å². The van der Waals surface area contributed by atoms with Crippen molar-refractivity contribution in [3.05, 3.63) is 34.3 Å². The minimum Gasteiger partial charge on any atom is -0.408 e. The predicted molar refractivity (Wildman–Crippen MR) is 65.7 cm³/mol. The molecule has 0 saturated carbocycles. The zero-order chi connectivity index (χ0) is 12.4. The number of halogens is 1. The Morgan fingerprint density at radius 1 is 1.47 bits per heavy atom. The highest BCUT2D eigenvalue weighted by Gasteiger charge is 2.10. The van der Waals surface area contributed by atoms with Gasteiger partial charge in [-0.1, -0.05) is 0 Å². The van der Waals surface area contributed by atoms with Crippen molar-refractivity contribution >= 4 is 28.5 Å². The molecule has 17 heavy (non-hydrogen) atoms. The zero-order valence-electron chi connectivity index (χ0n) is 9.40. The Hall–Kier alpha value is -1.55. The molecule has 2 aromatic rings. The maximum absolute atomic E-state index is 11.8. The van der Waals surface area contributed by atoms with E-state index in [1.807, 2.05) is 0 Å². The molecule has 0 radical (unpaired) electrons. The largest absolute Gasteiger partial charge is 0.419 e. The van der Waals surface area contributed by atoms with Crippen LogP contribution in [0, 0.1) is 0 Å². The Kier molecular flexibility index (Phi) is 3.33. The Morgan fingerprint density at radius 3 is 2.94 bits per heavy atom. The summed E-state index contributed by atoms with van der Waals surface area (Å²) in [5.74, 6) is 0.0541. The van der Waals surface area contributed by atoms with Crippen LogP contribution in [0.5, 0.6) is 0 Å². The van der Waals surface area contributed by atoms with Crippen molar-refractivity contribution < 1.29 is 9.21 Å². The smallest absolute Gasteiger partial charge is 0.408 e. The Morgan fingerprint density at radius 2 is 2.24 bits per heavy atom. The summed E-state index contributed by atoms with van der Waals surface area (Å²) in [5, 5.41) is 0. The van der Waals surface area contributed by atoms with Crippen LogP contribution >= 0.6 is 11.6 Å². The Balaban J connectivity index is 2.38. The van der Waals surface area contributed by atoms with Gasteiger partial charge in [0.1, 0.15) is 0 Å². The van der Waals surface area contributed by atoms with E-state index in [1.54, 1.807) is 25.2 Å². The highest BCUT2D eigenvalue weighted by Crippen LogP contribution is 2.16. The SMILES string of the molecule is Cn1c(=O)oc2cc(C(=O)CCCCl)ccc21. The molecule has 1 aromatic heterocycles. The lowest BCUT2D eigenvalue weighted by molar-refractivity contribution is 0.0982. The van der Waals surface area contributed by atoms with Crippen LogP contribution in [0.3, 0.4) is 0 Å². The molecule has 0 fully saturated rings. The third-order valence-electron chi connectivity index (χ3n) is 2.65. The van der Waals surface area contributed by atoms with E-state index in [4.69, 9.17) is 16.0 Å². The summed E-state index contributed by atoms with van der Waals surface area (Å²) in [7, 11) is 1.63. The van der Waals surface area contributed by atoms with Crippen LogP contribution in [0.2, 0.25) is 0 Å². The molecule has 0 unspecified atom stereocenters. The van der Waals surface area contributed by atoms with Crippen molar-refractivity contribution in [2.24, 2.45) is 7.05 Å². The van der Waals surface area contributed by atoms with Crippen LogP contribution in [0.15, 0.2) is 27.4 Å². The van der Waals surface area contributed by atoms with Crippen molar-refractivity contribution in [2.75, 3.05) is 5.88 Å². The number of aryl methyl sites for hydroxylation is 1. The minimum absolute atomic E-state index is 0.0130. The van der Waals surface area contributed by atoms with Gasteiger partial charge in [0, 0.05) is 24.9 Å². The maximum atomic E-state index is 11.8. The van der Waals surface area contributed by atoms with Crippen molar-refractivity contribution in [2.45, 2.75) is 12.8 Å². The first kappa shape index (κ1) is 11.9. The molecule has 0 N–H and O–H groups in total. The number of rotatable bonds is 4. The van der Waals surface area contributed by atoms with Crippen molar-refractivity contribution in [3.8, 4) is 0 Å². The molecule has 0 aliphatic carbocycles. The van der Waals surface area contributed by atoms with Gasteiger partial charge in [-0.15, -0.1) is 11.6 Å². The first-order valence-electron chi connectivity index (χ1n) is 5.32. The monoisotopic (exact) mass is 253 g/mol. The van der Waals surface area contributed by atoms with E-state index < -0.39 is 5.76 Å². The highest BCUT2D eigenvalue weighted by molar-refractivity contribution is 6.18. The fraction of sp³-hybridized carbons (Fsp3) is 0.333. The lowest BCUT2D eigenvalue weighted by Crippen LogP contribution is -2.08. The quantitative estimate of drug-likeness (QED) is 0.621. The maximum Gasteiger partial charge on any atom is 0.419 e. The fourth-order valence-electron chi connectivity index (χ4n) is 1.68. The lowest BCUT2D eigenvalue weighted by Gasteiger charge is -1.99. The van der Waals surface area contributed by atoms with Gasteiger partial charge in [0.05, 0.1) is 5.52 Å². The van der Waals surface area contributed by atoms with Crippen molar-refractivity contribution in [1.29, 1.82) is 0 Å². The fourth-order valence-corrected chi connectivity index (χ4v) is 1.81. The number of hydrogen-bond donors (Lipinski definition) is 0. The topological polar surface area (TPSA) is 52.2 Å². The van der Waals surface area contributed by atoms with Gasteiger partial charge in [-0.05, 0) is 24.6 Å². The first-order valence-corrected chi connectivity index (χ1v) is 5.85. The van der Waals surface area contributed by atoms with Crippen LogP contribution in [0.4, 0.5) is 0 Å². The van der Waals surface area contributed by atoms with Crippen molar-refractivity contribution in [1.82, 2.24) is 4.57 Å². The molecule has 4 nitrogen and oxygen atoms in total. The molecule has 0 amide bonds. The Labute approximate surface area is 103 Å². The molecular formula is C12H12ClNO3. The summed E-state index contributed by atoms with van der Waals surface area (Å²) in [5.41, 5.74) is 1.68. The van der Waals surface area contributed by atoms with Crippen molar-refractivity contribution in [3.63, 3.8) is 0 Å². The molecule has 2 rings (SSSR count). The van der Waals surface area contributed by atoms with Crippen LogP contribution < -0.4 is 5.76 Å². The average molecular weight is 254 g/mol. The van der Waals surface area contributed by atoms with E-state index in [0.717, 1.165) is 0 Å². The van der Waals surface area contributed by atoms with Crippen LogP contribution in [0.25, 0.3) is 11.1 Å². The number of Topliss-reactive ketones (excluding diaryl/α,β-unsaturated/α-hetero) is 1. The van der Waals surface area contributed by atoms with E-state index >= 15 is 0 Å². The molecule has 0 atom stereocenters. The average Bonchev–Trinajstić information content (AvgIpc) is 2.61.